The first kappa shape index (κ1) is 18.8. The van der Waals surface area contributed by atoms with Crippen LogP contribution in [0, 0.1) is 11.3 Å². The zero-order valence-electron chi connectivity index (χ0n) is 13.8. The molecule has 3 rings (SSSR count). The van der Waals surface area contributed by atoms with Gasteiger partial charge in [-0.1, -0.05) is 0 Å². The van der Waals surface area contributed by atoms with Crippen LogP contribution in [0.2, 0.25) is 0 Å². The van der Waals surface area contributed by atoms with Gasteiger partial charge in [0.1, 0.15) is 6.61 Å². The lowest BCUT2D eigenvalue weighted by Gasteiger charge is -2.13. The Labute approximate surface area is 160 Å². The van der Waals surface area contributed by atoms with Crippen LogP contribution in [0.5, 0.6) is 5.88 Å². The Morgan fingerprint density at radius 1 is 1.22 bits per heavy atom. The molecule has 0 saturated heterocycles. The summed E-state index contributed by atoms with van der Waals surface area (Å²) in [5.74, 6) is 0.693. The SMILES string of the molecule is Cn1c(COc2ccc(Br)cn2)nnc1-c1ccc(C#N)cc1C(F)(F)F. The van der Waals surface area contributed by atoms with Gasteiger partial charge in [-0.3, -0.25) is 0 Å². The summed E-state index contributed by atoms with van der Waals surface area (Å²) in [6.45, 7) is -0.0181. The molecule has 0 aliphatic rings. The van der Waals surface area contributed by atoms with Crippen molar-refractivity contribution in [1.29, 1.82) is 5.26 Å². The first-order valence-electron chi connectivity index (χ1n) is 7.54. The van der Waals surface area contributed by atoms with E-state index in [1.807, 2.05) is 0 Å². The summed E-state index contributed by atoms with van der Waals surface area (Å²) in [5, 5.41) is 16.6. The number of nitriles is 1. The fourth-order valence-electron chi connectivity index (χ4n) is 2.35. The maximum Gasteiger partial charge on any atom is 0.417 e. The van der Waals surface area contributed by atoms with Gasteiger partial charge in [-0.25, -0.2) is 4.98 Å². The summed E-state index contributed by atoms with van der Waals surface area (Å²) in [7, 11) is 1.54. The van der Waals surface area contributed by atoms with Crippen molar-refractivity contribution in [1.82, 2.24) is 19.7 Å². The van der Waals surface area contributed by atoms with Crippen molar-refractivity contribution in [3.05, 3.63) is 58.0 Å². The first-order valence-corrected chi connectivity index (χ1v) is 8.33. The molecule has 0 unspecified atom stereocenters. The molecular formula is C17H11BrF3N5O. The summed E-state index contributed by atoms with van der Waals surface area (Å²) >= 11 is 3.26. The van der Waals surface area contributed by atoms with E-state index in [0.29, 0.717) is 11.7 Å². The van der Waals surface area contributed by atoms with Crippen molar-refractivity contribution in [2.75, 3.05) is 0 Å². The van der Waals surface area contributed by atoms with Crippen molar-refractivity contribution in [2.45, 2.75) is 12.8 Å². The number of pyridine rings is 1. The average molecular weight is 438 g/mol. The number of rotatable bonds is 4. The highest BCUT2D eigenvalue weighted by atomic mass is 79.9. The third-order valence-electron chi connectivity index (χ3n) is 3.71. The van der Waals surface area contributed by atoms with Crippen molar-refractivity contribution in [3.8, 4) is 23.3 Å². The van der Waals surface area contributed by atoms with Crippen LogP contribution in [0.3, 0.4) is 0 Å². The smallest absolute Gasteiger partial charge is 0.417 e. The minimum absolute atomic E-state index is 0.0181. The molecule has 1 aromatic carbocycles. The van der Waals surface area contributed by atoms with Crippen LogP contribution in [0.15, 0.2) is 41.0 Å². The molecule has 3 aromatic rings. The highest BCUT2D eigenvalue weighted by Crippen LogP contribution is 2.37. The second-order valence-electron chi connectivity index (χ2n) is 5.47. The van der Waals surface area contributed by atoms with E-state index in [4.69, 9.17) is 10.00 Å². The third-order valence-corrected chi connectivity index (χ3v) is 4.18. The van der Waals surface area contributed by atoms with Crippen LogP contribution in [-0.2, 0) is 19.8 Å². The molecule has 2 aromatic heterocycles. The topological polar surface area (TPSA) is 76.6 Å². The molecule has 0 radical (unpaired) electrons. The van der Waals surface area contributed by atoms with Gasteiger partial charge in [0.05, 0.1) is 17.2 Å². The van der Waals surface area contributed by atoms with E-state index in [-0.39, 0.29) is 23.6 Å². The van der Waals surface area contributed by atoms with E-state index in [1.165, 1.54) is 16.7 Å². The first-order chi connectivity index (χ1) is 12.8. The van der Waals surface area contributed by atoms with Crippen LogP contribution in [-0.4, -0.2) is 19.7 Å². The molecule has 0 atom stereocenters. The lowest BCUT2D eigenvalue weighted by molar-refractivity contribution is -0.137. The van der Waals surface area contributed by atoms with Crippen LogP contribution in [0.4, 0.5) is 13.2 Å². The number of hydrogen-bond donors (Lipinski definition) is 0. The third kappa shape index (κ3) is 4.09. The molecule has 0 saturated carbocycles. The van der Waals surface area contributed by atoms with E-state index in [0.717, 1.165) is 10.5 Å². The molecule has 27 heavy (non-hydrogen) atoms. The quantitative estimate of drug-likeness (QED) is 0.613. The maximum absolute atomic E-state index is 13.4. The number of alkyl halides is 3. The van der Waals surface area contributed by atoms with Gasteiger partial charge in [-0.05, 0) is 40.2 Å². The minimum atomic E-state index is -4.63. The average Bonchev–Trinajstić information content (AvgIpc) is 3.00. The molecule has 0 amide bonds. The number of nitrogens with zero attached hydrogens (tertiary/aromatic N) is 5. The summed E-state index contributed by atoms with van der Waals surface area (Å²) < 4.78 is 47.9. The van der Waals surface area contributed by atoms with Crippen LogP contribution >= 0.6 is 15.9 Å². The van der Waals surface area contributed by atoms with Gasteiger partial charge in [0.25, 0.3) is 0 Å². The molecule has 0 aliphatic carbocycles. The number of ether oxygens (including phenoxy) is 1. The van der Waals surface area contributed by atoms with Gasteiger partial charge in [0.15, 0.2) is 11.6 Å². The van der Waals surface area contributed by atoms with E-state index in [2.05, 4.69) is 31.1 Å². The van der Waals surface area contributed by atoms with Gasteiger partial charge in [-0.15, -0.1) is 10.2 Å². The lowest BCUT2D eigenvalue weighted by atomic mass is 10.0. The van der Waals surface area contributed by atoms with Gasteiger partial charge < -0.3 is 9.30 Å². The highest BCUT2D eigenvalue weighted by Gasteiger charge is 2.35. The van der Waals surface area contributed by atoms with Crippen molar-refractivity contribution in [3.63, 3.8) is 0 Å². The zero-order valence-corrected chi connectivity index (χ0v) is 15.4. The largest absolute Gasteiger partial charge is 0.469 e. The van der Waals surface area contributed by atoms with Crippen molar-refractivity contribution in [2.24, 2.45) is 7.05 Å². The fourth-order valence-corrected chi connectivity index (χ4v) is 2.59. The summed E-state index contributed by atoms with van der Waals surface area (Å²) in [6.07, 6.45) is -3.07. The van der Waals surface area contributed by atoms with E-state index in [1.54, 1.807) is 31.4 Å². The van der Waals surface area contributed by atoms with E-state index < -0.39 is 11.7 Å². The van der Waals surface area contributed by atoms with Gasteiger partial charge >= 0.3 is 6.18 Å². The van der Waals surface area contributed by atoms with Crippen molar-refractivity contribution >= 4 is 15.9 Å². The standard InChI is InChI=1S/C17H11BrF3N5O/c1-26-14(9-27-15-5-3-11(18)8-23-15)24-25-16(26)12-4-2-10(7-22)6-13(12)17(19,20)21/h2-6,8H,9H2,1H3. The number of aromatic nitrogens is 4. The Bertz CT molecular complexity index is 1010. The Morgan fingerprint density at radius 2 is 2.00 bits per heavy atom. The van der Waals surface area contributed by atoms with Gasteiger partial charge in [0, 0.05) is 29.3 Å². The Morgan fingerprint density at radius 3 is 2.63 bits per heavy atom. The van der Waals surface area contributed by atoms with Crippen LogP contribution in [0.1, 0.15) is 17.0 Å². The second-order valence-corrected chi connectivity index (χ2v) is 6.39. The van der Waals surface area contributed by atoms with Gasteiger partial charge in [0.2, 0.25) is 5.88 Å². The zero-order chi connectivity index (χ0) is 19.6. The summed E-state index contributed by atoms with van der Waals surface area (Å²) in [5.41, 5.74) is -1.19. The molecule has 10 heteroatoms. The Hall–Kier alpha value is -2.93. The molecule has 0 fully saturated rings. The molecule has 0 N–H and O–H groups in total. The van der Waals surface area contributed by atoms with Crippen molar-refractivity contribution < 1.29 is 17.9 Å². The monoisotopic (exact) mass is 437 g/mol. The van der Waals surface area contributed by atoms with Crippen LogP contribution in [0.25, 0.3) is 11.4 Å². The Kier molecular flexibility index (Phi) is 5.14. The number of hydrogen-bond acceptors (Lipinski definition) is 5. The second kappa shape index (κ2) is 7.36. The molecular weight excluding hydrogens is 427 g/mol. The fraction of sp³-hybridized carbons (Fsp3) is 0.176. The molecule has 6 nitrogen and oxygen atoms in total. The maximum atomic E-state index is 13.4. The summed E-state index contributed by atoms with van der Waals surface area (Å²) in [6, 6.07) is 8.42. The predicted octanol–water partition coefficient (Wildman–Crippen LogP) is 4.11. The normalized spacial score (nSPS) is 11.3. The van der Waals surface area contributed by atoms with E-state index >= 15 is 0 Å². The lowest BCUT2D eigenvalue weighted by Crippen LogP contribution is -2.10. The summed E-state index contributed by atoms with van der Waals surface area (Å²) in [4.78, 5) is 4.05. The van der Waals surface area contributed by atoms with Gasteiger partial charge in [-0.2, -0.15) is 18.4 Å². The van der Waals surface area contributed by atoms with E-state index in [9.17, 15) is 13.2 Å². The molecule has 2 heterocycles. The minimum Gasteiger partial charge on any atom is -0.469 e. The molecule has 0 bridgehead atoms. The number of halogens is 4. The highest BCUT2D eigenvalue weighted by molar-refractivity contribution is 9.10. The predicted molar refractivity (Wildman–Crippen MR) is 92.4 cm³/mol. The van der Waals surface area contributed by atoms with Crippen LogP contribution < -0.4 is 4.74 Å². The number of benzene rings is 1. The molecule has 138 valence electrons. The molecule has 0 aliphatic heterocycles. The Balaban J connectivity index is 1.91. The molecule has 0 spiro atoms.